The summed E-state index contributed by atoms with van der Waals surface area (Å²) in [7, 11) is 3.53. The van der Waals surface area contributed by atoms with Crippen LogP contribution in [0.5, 0.6) is 0 Å². The molecule has 0 bridgehead atoms. The lowest BCUT2D eigenvalue weighted by molar-refractivity contribution is -0.125. The molecule has 0 aromatic rings. The summed E-state index contributed by atoms with van der Waals surface area (Å²) >= 11 is 0. The number of hydrogen-bond acceptors (Lipinski definition) is 4. The van der Waals surface area contributed by atoms with Gasteiger partial charge < -0.3 is 5.32 Å². The monoisotopic (exact) mass is 361 g/mol. The predicted octanol–water partition coefficient (Wildman–Crippen LogP) is 5.09. The molecule has 0 aliphatic carbocycles. The lowest BCUT2D eigenvalue weighted by Gasteiger charge is -2.18. The molecule has 1 N–H and O–H groups in total. The number of Topliss-reactive ketones (excluding diaryl/α,β-unsaturated/α-hetero) is 1. The fourth-order valence-electron chi connectivity index (χ4n) is 1.72. The average molecular weight is 362 g/mol. The topological polar surface area (TPSA) is 46.2 Å². The van der Waals surface area contributed by atoms with Gasteiger partial charge in [0.1, 0.15) is 5.78 Å². The maximum atomic E-state index is 11.8. The van der Waals surface area contributed by atoms with Crippen molar-refractivity contribution in [3.05, 3.63) is 0 Å². The Morgan fingerprint density at radius 1 is 1.04 bits per heavy atom. The zero-order valence-electron chi connectivity index (χ0n) is 16.0. The Bertz CT molecular complexity index is 370. The van der Waals surface area contributed by atoms with Crippen LogP contribution < -0.4 is 5.32 Å². The SMILES string of the molecule is CC(CCC(=O)NCCC(C)(C)C)SSCCC(=O)C(C)(C)C. The summed E-state index contributed by atoms with van der Waals surface area (Å²) in [5.74, 6) is 1.31. The molecular formula is C18H35NO2S2. The highest BCUT2D eigenvalue weighted by molar-refractivity contribution is 8.76. The maximum absolute atomic E-state index is 11.8. The van der Waals surface area contributed by atoms with Crippen LogP contribution in [0.15, 0.2) is 0 Å². The maximum Gasteiger partial charge on any atom is 0.220 e. The van der Waals surface area contributed by atoms with Crippen LogP contribution in [0.4, 0.5) is 0 Å². The highest BCUT2D eigenvalue weighted by Gasteiger charge is 2.20. The molecule has 0 heterocycles. The summed E-state index contributed by atoms with van der Waals surface area (Å²) < 4.78 is 0. The molecule has 136 valence electrons. The summed E-state index contributed by atoms with van der Waals surface area (Å²) in [6.07, 6.45) is 3.09. The first-order chi connectivity index (χ1) is 10.4. The molecule has 1 unspecified atom stereocenters. The van der Waals surface area contributed by atoms with Crippen molar-refractivity contribution in [2.24, 2.45) is 10.8 Å². The van der Waals surface area contributed by atoms with Crippen LogP contribution in [0, 0.1) is 10.8 Å². The van der Waals surface area contributed by atoms with Crippen LogP contribution in [0.2, 0.25) is 0 Å². The third-order valence-corrected chi connectivity index (χ3v) is 6.42. The first-order valence-electron chi connectivity index (χ1n) is 8.50. The molecule has 1 amide bonds. The van der Waals surface area contributed by atoms with Crippen LogP contribution in [-0.4, -0.2) is 29.2 Å². The Kier molecular flexibility index (Phi) is 10.6. The van der Waals surface area contributed by atoms with Crippen LogP contribution in [-0.2, 0) is 9.59 Å². The number of nitrogens with one attached hydrogen (secondary N) is 1. The van der Waals surface area contributed by atoms with Crippen molar-refractivity contribution in [2.45, 2.75) is 79.4 Å². The van der Waals surface area contributed by atoms with E-state index in [-0.39, 0.29) is 16.7 Å². The summed E-state index contributed by atoms with van der Waals surface area (Å²) in [5, 5.41) is 3.42. The summed E-state index contributed by atoms with van der Waals surface area (Å²) in [4.78, 5) is 23.6. The fourth-order valence-corrected chi connectivity index (χ4v) is 4.06. The van der Waals surface area contributed by atoms with E-state index in [0.717, 1.165) is 25.1 Å². The van der Waals surface area contributed by atoms with Gasteiger partial charge in [-0.2, -0.15) is 0 Å². The zero-order chi connectivity index (χ0) is 18.1. The minimum Gasteiger partial charge on any atom is -0.356 e. The lowest BCUT2D eigenvalue weighted by Crippen LogP contribution is -2.27. The van der Waals surface area contributed by atoms with Crippen LogP contribution >= 0.6 is 21.6 Å². The second kappa shape index (κ2) is 10.7. The number of carbonyl (C=O) groups is 2. The van der Waals surface area contributed by atoms with Gasteiger partial charge in [-0.1, -0.05) is 70.1 Å². The number of rotatable bonds is 10. The van der Waals surface area contributed by atoms with Crippen LogP contribution in [0.3, 0.4) is 0 Å². The van der Waals surface area contributed by atoms with E-state index in [9.17, 15) is 9.59 Å². The van der Waals surface area contributed by atoms with E-state index in [0.29, 0.717) is 23.9 Å². The molecule has 1 atom stereocenters. The first-order valence-corrected chi connectivity index (χ1v) is 10.9. The first kappa shape index (κ1) is 22.8. The number of ketones is 1. The van der Waals surface area contributed by atoms with E-state index in [1.807, 2.05) is 20.8 Å². The number of hydrogen-bond donors (Lipinski definition) is 1. The Morgan fingerprint density at radius 3 is 2.17 bits per heavy atom. The van der Waals surface area contributed by atoms with Gasteiger partial charge in [0, 0.05) is 35.8 Å². The van der Waals surface area contributed by atoms with Crippen molar-refractivity contribution >= 4 is 33.3 Å². The molecule has 0 aliphatic rings. The molecule has 0 fully saturated rings. The van der Waals surface area contributed by atoms with E-state index < -0.39 is 0 Å². The molecule has 5 heteroatoms. The minimum absolute atomic E-state index is 0.148. The van der Waals surface area contributed by atoms with Gasteiger partial charge in [-0.05, 0) is 18.3 Å². The van der Waals surface area contributed by atoms with Gasteiger partial charge in [0.25, 0.3) is 0 Å². The second-order valence-corrected chi connectivity index (χ2v) is 11.3. The molecule has 0 rings (SSSR count). The molecule has 0 saturated carbocycles. The molecule has 0 spiro atoms. The average Bonchev–Trinajstić information content (AvgIpc) is 2.38. The van der Waals surface area contributed by atoms with E-state index >= 15 is 0 Å². The summed E-state index contributed by atoms with van der Waals surface area (Å²) in [5.41, 5.74) is 0.0273. The molecule has 0 aromatic heterocycles. The smallest absolute Gasteiger partial charge is 0.220 e. The van der Waals surface area contributed by atoms with Gasteiger partial charge in [0.05, 0.1) is 0 Å². The van der Waals surface area contributed by atoms with Crippen LogP contribution in [0.25, 0.3) is 0 Å². The van der Waals surface area contributed by atoms with Gasteiger partial charge in [-0.3, -0.25) is 9.59 Å². The predicted molar refractivity (Wildman–Crippen MR) is 105 cm³/mol. The third-order valence-electron chi connectivity index (χ3n) is 3.46. The highest BCUT2D eigenvalue weighted by Crippen LogP contribution is 2.30. The normalized spacial score (nSPS) is 13.7. The molecule has 0 aromatic carbocycles. The number of carbonyl (C=O) groups excluding carboxylic acids is 2. The van der Waals surface area contributed by atoms with Gasteiger partial charge in [-0.15, -0.1) is 0 Å². The molecule has 23 heavy (non-hydrogen) atoms. The highest BCUT2D eigenvalue weighted by atomic mass is 33.1. The van der Waals surface area contributed by atoms with Crippen molar-refractivity contribution in [2.75, 3.05) is 12.3 Å². The summed E-state index contributed by atoms with van der Waals surface area (Å²) in [6, 6.07) is 0. The van der Waals surface area contributed by atoms with Gasteiger partial charge in [0.2, 0.25) is 5.91 Å². The van der Waals surface area contributed by atoms with Gasteiger partial charge >= 0.3 is 0 Å². The Morgan fingerprint density at radius 2 is 1.65 bits per heavy atom. The Labute approximate surface area is 150 Å². The molecule has 0 radical (unpaired) electrons. The molecule has 0 aliphatic heterocycles. The second-order valence-electron chi connectivity index (χ2n) is 8.35. The minimum atomic E-state index is -0.234. The van der Waals surface area contributed by atoms with Crippen molar-refractivity contribution in [3.8, 4) is 0 Å². The molecular weight excluding hydrogens is 326 g/mol. The van der Waals surface area contributed by atoms with Crippen molar-refractivity contribution in [3.63, 3.8) is 0 Å². The lowest BCUT2D eigenvalue weighted by atomic mass is 9.89. The third kappa shape index (κ3) is 13.9. The molecule has 0 saturated heterocycles. The van der Waals surface area contributed by atoms with Crippen molar-refractivity contribution in [1.82, 2.24) is 5.32 Å². The largest absolute Gasteiger partial charge is 0.356 e. The quantitative estimate of drug-likeness (QED) is 0.434. The fraction of sp³-hybridized carbons (Fsp3) is 0.889. The Balaban J connectivity index is 3.69. The van der Waals surface area contributed by atoms with Gasteiger partial charge in [0.15, 0.2) is 0 Å². The van der Waals surface area contributed by atoms with Crippen molar-refractivity contribution in [1.29, 1.82) is 0 Å². The van der Waals surface area contributed by atoms with E-state index in [1.54, 1.807) is 21.6 Å². The van der Waals surface area contributed by atoms with Gasteiger partial charge in [-0.25, -0.2) is 0 Å². The Hall–Kier alpha value is -0.160. The molecule has 3 nitrogen and oxygen atoms in total. The van der Waals surface area contributed by atoms with Crippen LogP contribution in [0.1, 0.15) is 74.1 Å². The van der Waals surface area contributed by atoms with Crippen molar-refractivity contribution < 1.29 is 9.59 Å². The van der Waals surface area contributed by atoms with E-state index in [2.05, 4.69) is 33.0 Å². The zero-order valence-corrected chi connectivity index (χ0v) is 17.6. The number of amides is 1. The summed E-state index contributed by atoms with van der Waals surface area (Å²) in [6.45, 7) is 15.3. The standard InChI is InChI=1S/C18H35NO2S2/c1-14(23-22-13-10-15(20)18(5,6)7)8-9-16(21)19-12-11-17(2,3)4/h14H,8-13H2,1-7H3,(H,19,21). The van der Waals surface area contributed by atoms with E-state index in [4.69, 9.17) is 0 Å². The van der Waals surface area contributed by atoms with E-state index in [1.165, 1.54) is 0 Å².